The minimum atomic E-state index is 0.443. The fourth-order valence-electron chi connectivity index (χ4n) is 1.28. The van der Waals surface area contributed by atoms with Crippen molar-refractivity contribution in [2.75, 3.05) is 20.2 Å². The number of hydrogen-bond donors (Lipinski definition) is 1. The average Bonchev–Trinajstić information content (AvgIpc) is 1.89. The molecule has 0 bridgehead atoms. The third kappa shape index (κ3) is 1.66. The first kappa shape index (κ1) is 7.03. The van der Waals surface area contributed by atoms with Crippen LogP contribution in [0.15, 0.2) is 0 Å². The van der Waals surface area contributed by atoms with Crippen LogP contribution in [-0.4, -0.2) is 26.3 Å². The maximum absolute atomic E-state index is 5.24. The maximum atomic E-state index is 5.24. The van der Waals surface area contributed by atoms with E-state index in [1.54, 1.807) is 7.11 Å². The normalized spacial score (nSPS) is 36.7. The number of methoxy groups -OCH3 is 1. The molecule has 0 spiro atoms. The van der Waals surface area contributed by atoms with Gasteiger partial charge in [0.2, 0.25) is 0 Å². The molecule has 1 aliphatic rings. The predicted molar refractivity (Wildman–Crippen MR) is 37.4 cm³/mol. The second-order valence-corrected chi connectivity index (χ2v) is 2.74. The Morgan fingerprint density at radius 1 is 1.56 bits per heavy atom. The Morgan fingerprint density at radius 3 is 2.78 bits per heavy atom. The van der Waals surface area contributed by atoms with Crippen molar-refractivity contribution in [1.82, 2.24) is 5.32 Å². The number of ether oxygens (including phenoxy) is 1. The summed E-state index contributed by atoms with van der Waals surface area (Å²) in [4.78, 5) is 0. The minimum Gasteiger partial charge on any atom is -0.380 e. The van der Waals surface area contributed by atoms with E-state index in [1.807, 2.05) is 0 Å². The number of nitrogens with one attached hydrogen (secondary N) is 1. The molecule has 1 heterocycles. The van der Waals surface area contributed by atoms with Crippen molar-refractivity contribution >= 4 is 0 Å². The number of piperidine rings is 1. The summed E-state index contributed by atoms with van der Waals surface area (Å²) in [6, 6.07) is 0. The molecule has 1 aliphatic heterocycles. The fourth-order valence-corrected chi connectivity index (χ4v) is 1.28. The molecule has 0 aromatic carbocycles. The Bertz CT molecular complexity index is 85.0. The van der Waals surface area contributed by atoms with Gasteiger partial charge in [-0.1, -0.05) is 6.92 Å². The molecule has 1 rings (SSSR count). The third-order valence-corrected chi connectivity index (χ3v) is 2.06. The van der Waals surface area contributed by atoms with E-state index in [2.05, 4.69) is 12.2 Å². The van der Waals surface area contributed by atoms with Crippen molar-refractivity contribution in [3.8, 4) is 0 Å². The Morgan fingerprint density at radius 2 is 2.33 bits per heavy atom. The summed E-state index contributed by atoms with van der Waals surface area (Å²) in [5.41, 5.74) is 0. The van der Waals surface area contributed by atoms with Crippen LogP contribution in [0.1, 0.15) is 13.3 Å². The van der Waals surface area contributed by atoms with E-state index in [0.29, 0.717) is 6.10 Å². The summed E-state index contributed by atoms with van der Waals surface area (Å²) < 4.78 is 5.24. The Labute approximate surface area is 56.6 Å². The van der Waals surface area contributed by atoms with Crippen LogP contribution in [0.4, 0.5) is 0 Å². The largest absolute Gasteiger partial charge is 0.380 e. The van der Waals surface area contributed by atoms with Gasteiger partial charge in [0.25, 0.3) is 0 Å². The second kappa shape index (κ2) is 3.18. The van der Waals surface area contributed by atoms with E-state index in [-0.39, 0.29) is 0 Å². The van der Waals surface area contributed by atoms with Gasteiger partial charge in [-0.15, -0.1) is 0 Å². The van der Waals surface area contributed by atoms with E-state index in [1.165, 1.54) is 6.42 Å². The topological polar surface area (TPSA) is 21.3 Å². The molecule has 9 heavy (non-hydrogen) atoms. The van der Waals surface area contributed by atoms with Crippen molar-refractivity contribution in [3.63, 3.8) is 0 Å². The van der Waals surface area contributed by atoms with Gasteiger partial charge in [0, 0.05) is 13.7 Å². The molecule has 2 atom stereocenters. The first-order valence-corrected chi connectivity index (χ1v) is 3.58. The van der Waals surface area contributed by atoms with Gasteiger partial charge in [0.15, 0.2) is 0 Å². The van der Waals surface area contributed by atoms with Crippen LogP contribution < -0.4 is 5.32 Å². The van der Waals surface area contributed by atoms with E-state index in [0.717, 1.165) is 19.0 Å². The molecule has 0 aliphatic carbocycles. The van der Waals surface area contributed by atoms with Crippen molar-refractivity contribution in [3.05, 3.63) is 0 Å². The van der Waals surface area contributed by atoms with Crippen LogP contribution in [0.25, 0.3) is 0 Å². The third-order valence-electron chi connectivity index (χ3n) is 2.06. The molecule has 1 N–H and O–H groups in total. The van der Waals surface area contributed by atoms with E-state index >= 15 is 0 Å². The Hall–Kier alpha value is -0.0800. The van der Waals surface area contributed by atoms with Gasteiger partial charge in [-0.05, 0) is 18.9 Å². The van der Waals surface area contributed by atoms with Crippen LogP contribution in [0.2, 0.25) is 0 Å². The molecule has 0 amide bonds. The van der Waals surface area contributed by atoms with Crippen molar-refractivity contribution in [2.24, 2.45) is 5.92 Å². The van der Waals surface area contributed by atoms with Gasteiger partial charge in [-0.2, -0.15) is 0 Å². The van der Waals surface area contributed by atoms with E-state index in [4.69, 9.17) is 4.74 Å². The summed E-state index contributed by atoms with van der Waals surface area (Å²) in [5.74, 6) is 0.733. The first-order chi connectivity index (χ1) is 4.34. The maximum Gasteiger partial charge on any atom is 0.0721 e. The highest BCUT2D eigenvalue weighted by Gasteiger charge is 2.19. The van der Waals surface area contributed by atoms with Gasteiger partial charge in [-0.3, -0.25) is 0 Å². The van der Waals surface area contributed by atoms with Crippen molar-refractivity contribution < 1.29 is 4.74 Å². The van der Waals surface area contributed by atoms with Crippen molar-refractivity contribution in [1.29, 1.82) is 0 Å². The summed E-state index contributed by atoms with van der Waals surface area (Å²) >= 11 is 0. The number of hydrogen-bond acceptors (Lipinski definition) is 2. The quantitative estimate of drug-likeness (QED) is 0.560. The predicted octanol–water partition coefficient (Wildman–Crippen LogP) is 0.631. The molecular formula is C7H15NO. The molecule has 54 valence electrons. The summed E-state index contributed by atoms with van der Waals surface area (Å²) in [5, 5.41) is 3.29. The average molecular weight is 129 g/mol. The lowest BCUT2D eigenvalue weighted by molar-refractivity contribution is 0.0413. The number of rotatable bonds is 1. The zero-order valence-corrected chi connectivity index (χ0v) is 6.18. The molecule has 1 fully saturated rings. The lowest BCUT2D eigenvalue weighted by Crippen LogP contribution is -2.40. The Balaban J connectivity index is 2.30. The summed E-state index contributed by atoms with van der Waals surface area (Å²) in [6.45, 7) is 4.42. The molecule has 2 heteroatoms. The van der Waals surface area contributed by atoms with Crippen LogP contribution in [0, 0.1) is 5.92 Å². The van der Waals surface area contributed by atoms with Crippen LogP contribution in [-0.2, 0) is 4.74 Å². The second-order valence-electron chi connectivity index (χ2n) is 2.74. The van der Waals surface area contributed by atoms with Gasteiger partial charge in [0.05, 0.1) is 6.10 Å². The van der Waals surface area contributed by atoms with Gasteiger partial charge in [-0.25, -0.2) is 0 Å². The highest BCUT2D eigenvalue weighted by molar-refractivity contribution is 4.74. The molecule has 0 saturated carbocycles. The lowest BCUT2D eigenvalue weighted by Gasteiger charge is -2.27. The van der Waals surface area contributed by atoms with E-state index in [9.17, 15) is 0 Å². The van der Waals surface area contributed by atoms with Crippen LogP contribution >= 0.6 is 0 Å². The molecule has 0 aromatic rings. The first-order valence-electron chi connectivity index (χ1n) is 3.58. The zero-order valence-electron chi connectivity index (χ0n) is 6.18. The van der Waals surface area contributed by atoms with Crippen molar-refractivity contribution in [2.45, 2.75) is 19.4 Å². The standard InChI is InChI=1S/C7H15NO/c1-6-3-4-8-5-7(6)9-2/h6-8H,3-5H2,1-2H3/t6?,7-/m0/s1. The van der Waals surface area contributed by atoms with Gasteiger partial charge in [0.1, 0.15) is 0 Å². The van der Waals surface area contributed by atoms with E-state index < -0.39 is 0 Å². The van der Waals surface area contributed by atoms with Gasteiger partial charge >= 0.3 is 0 Å². The molecular weight excluding hydrogens is 114 g/mol. The molecule has 1 unspecified atom stereocenters. The van der Waals surface area contributed by atoms with Crippen LogP contribution in [0.5, 0.6) is 0 Å². The SMILES string of the molecule is CO[C@H]1CNCCC1C. The highest BCUT2D eigenvalue weighted by Crippen LogP contribution is 2.12. The molecule has 0 aromatic heterocycles. The lowest BCUT2D eigenvalue weighted by atomic mass is 9.97. The fraction of sp³-hybridized carbons (Fsp3) is 1.00. The minimum absolute atomic E-state index is 0.443. The van der Waals surface area contributed by atoms with Gasteiger partial charge < -0.3 is 10.1 Å². The smallest absolute Gasteiger partial charge is 0.0721 e. The molecule has 2 nitrogen and oxygen atoms in total. The van der Waals surface area contributed by atoms with Crippen LogP contribution in [0.3, 0.4) is 0 Å². The molecule has 0 radical (unpaired) electrons. The molecule has 1 saturated heterocycles. The highest BCUT2D eigenvalue weighted by atomic mass is 16.5. The monoisotopic (exact) mass is 129 g/mol. The summed E-state index contributed by atoms with van der Waals surface area (Å²) in [6.07, 6.45) is 1.69. The summed E-state index contributed by atoms with van der Waals surface area (Å²) in [7, 11) is 1.79. The Kier molecular flexibility index (Phi) is 2.49. The zero-order chi connectivity index (χ0) is 6.69.